The molecule has 15 heavy (non-hydrogen) atoms. The molecule has 4 nitrogen and oxygen atoms in total. The number of anilines is 2. The van der Waals surface area contributed by atoms with Crippen LogP contribution >= 0.6 is 0 Å². The van der Waals surface area contributed by atoms with Crippen molar-refractivity contribution in [1.82, 2.24) is 9.97 Å². The summed E-state index contributed by atoms with van der Waals surface area (Å²) in [7, 11) is 0. The Labute approximate surface area is 88.3 Å². The van der Waals surface area contributed by atoms with Crippen molar-refractivity contribution in [2.75, 3.05) is 17.2 Å². The Morgan fingerprint density at radius 1 is 1.67 bits per heavy atom. The van der Waals surface area contributed by atoms with Gasteiger partial charge in [0.15, 0.2) is 11.6 Å². The van der Waals surface area contributed by atoms with Crippen LogP contribution < -0.4 is 10.6 Å². The Balaban J connectivity index is 2.31. The van der Waals surface area contributed by atoms with Gasteiger partial charge in [-0.25, -0.2) is 9.37 Å². The molecule has 0 spiro atoms. The highest BCUT2D eigenvalue weighted by atomic mass is 19.1. The van der Waals surface area contributed by atoms with Gasteiger partial charge in [-0.15, -0.1) is 0 Å². The van der Waals surface area contributed by atoms with Gasteiger partial charge in [0, 0.05) is 12.6 Å². The minimum Gasteiger partial charge on any atom is -0.368 e. The molecule has 1 unspecified atom stereocenters. The van der Waals surface area contributed by atoms with Crippen LogP contribution in [0.3, 0.4) is 0 Å². The summed E-state index contributed by atoms with van der Waals surface area (Å²) in [5, 5.41) is 0. The normalized spacial score (nSPS) is 20.9. The summed E-state index contributed by atoms with van der Waals surface area (Å²) >= 11 is 0. The Bertz CT molecular complexity index is 355. The smallest absolute Gasteiger partial charge is 0.222 e. The molecule has 2 N–H and O–H groups in total. The van der Waals surface area contributed by atoms with Crippen LogP contribution in [-0.4, -0.2) is 22.6 Å². The van der Waals surface area contributed by atoms with Gasteiger partial charge >= 0.3 is 0 Å². The molecular formula is C10H15FN4. The number of rotatable bonds is 2. The molecule has 1 aliphatic rings. The van der Waals surface area contributed by atoms with E-state index in [0.29, 0.717) is 11.9 Å². The number of halogens is 1. The standard InChI is InChI=1S/C10H15FN4/c1-2-7-4-3-5-15(7)9-8(11)6-13-10(12)14-9/h6-7H,2-5H2,1H3,(H2,12,13,14). The second-order valence-corrected chi connectivity index (χ2v) is 3.80. The summed E-state index contributed by atoms with van der Waals surface area (Å²) < 4.78 is 13.5. The number of nitrogen functional groups attached to an aromatic ring is 1. The molecule has 1 saturated heterocycles. The van der Waals surface area contributed by atoms with Crippen LogP contribution in [0.25, 0.3) is 0 Å². The maximum atomic E-state index is 13.5. The average molecular weight is 210 g/mol. The predicted octanol–water partition coefficient (Wildman–Crippen LogP) is 1.58. The van der Waals surface area contributed by atoms with Crippen molar-refractivity contribution in [1.29, 1.82) is 0 Å². The van der Waals surface area contributed by atoms with Crippen molar-refractivity contribution >= 4 is 11.8 Å². The lowest BCUT2D eigenvalue weighted by Crippen LogP contribution is -2.30. The molecule has 0 saturated carbocycles. The SMILES string of the molecule is CCC1CCCN1c1nc(N)ncc1F. The molecule has 1 aliphatic heterocycles. The van der Waals surface area contributed by atoms with E-state index in [0.717, 1.165) is 32.0 Å². The number of aromatic nitrogens is 2. The number of hydrogen-bond donors (Lipinski definition) is 1. The third-order valence-corrected chi connectivity index (χ3v) is 2.86. The van der Waals surface area contributed by atoms with E-state index in [-0.39, 0.29) is 11.8 Å². The van der Waals surface area contributed by atoms with Crippen molar-refractivity contribution in [3.8, 4) is 0 Å². The van der Waals surface area contributed by atoms with Gasteiger partial charge in [0.2, 0.25) is 5.95 Å². The van der Waals surface area contributed by atoms with Crippen molar-refractivity contribution in [3.63, 3.8) is 0 Å². The van der Waals surface area contributed by atoms with E-state index in [1.54, 1.807) is 0 Å². The van der Waals surface area contributed by atoms with Crippen LogP contribution in [0.1, 0.15) is 26.2 Å². The van der Waals surface area contributed by atoms with Gasteiger partial charge in [-0.2, -0.15) is 4.98 Å². The zero-order chi connectivity index (χ0) is 10.8. The quantitative estimate of drug-likeness (QED) is 0.805. The summed E-state index contributed by atoms with van der Waals surface area (Å²) in [5.41, 5.74) is 5.47. The van der Waals surface area contributed by atoms with Gasteiger partial charge in [-0.3, -0.25) is 0 Å². The third kappa shape index (κ3) is 1.86. The fourth-order valence-electron chi connectivity index (χ4n) is 2.11. The Morgan fingerprint density at radius 2 is 2.47 bits per heavy atom. The molecule has 2 rings (SSSR count). The second-order valence-electron chi connectivity index (χ2n) is 3.80. The van der Waals surface area contributed by atoms with Gasteiger partial charge in [0.05, 0.1) is 6.20 Å². The van der Waals surface area contributed by atoms with E-state index in [4.69, 9.17) is 5.73 Å². The summed E-state index contributed by atoms with van der Waals surface area (Å²) in [6, 6.07) is 0.383. The van der Waals surface area contributed by atoms with E-state index in [2.05, 4.69) is 16.9 Å². The van der Waals surface area contributed by atoms with Crippen LogP contribution in [0.4, 0.5) is 16.2 Å². The lowest BCUT2D eigenvalue weighted by Gasteiger charge is -2.24. The summed E-state index contributed by atoms with van der Waals surface area (Å²) in [6.07, 6.45) is 4.33. The molecule has 1 fully saturated rings. The average Bonchev–Trinajstić information content (AvgIpc) is 2.69. The van der Waals surface area contributed by atoms with Gasteiger partial charge in [-0.1, -0.05) is 6.92 Å². The first-order chi connectivity index (χ1) is 7.22. The largest absolute Gasteiger partial charge is 0.368 e. The lowest BCUT2D eigenvalue weighted by molar-refractivity contribution is 0.583. The molecular weight excluding hydrogens is 195 g/mol. The molecule has 0 amide bonds. The van der Waals surface area contributed by atoms with Gasteiger partial charge < -0.3 is 10.6 Å². The maximum absolute atomic E-state index is 13.5. The number of nitrogens with two attached hydrogens (primary N) is 1. The van der Waals surface area contributed by atoms with Crippen LogP contribution in [0.5, 0.6) is 0 Å². The van der Waals surface area contributed by atoms with Crippen molar-refractivity contribution in [2.45, 2.75) is 32.2 Å². The second kappa shape index (κ2) is 4.00. The molecule has 1 aromatic rings. The molecule has 2 heterocycles. The minimum atomic E-state index is -0.385. The molecule has 0 radical (unpaired) electrons. The van der Waals surface area contributed by atoms with Crippen LogP contribution in [-0.2, 0) is 0 Å². The highest BCUT2D eigenvalue weighted by Crippen LogP contribution is 2.27. The molecule has 5 heteroatoms. The van der Waals surface area contributed by atoms with Crippen molar-refractivity contribution < 1.29 is 4.39 Å². The summed E-state index contributed by atoms with van der Waals surface area (Å²) in [6.45, 7) is 2.96. The van der Waals surface area contributed by atoms with Gasteiger partial charge in [0.1, 0.15) is 0 Å². The van der Waals surface area contributed by atoms with Crippen molar-refractivity contribution in [3.05, 3.63) is 12.0 Å². The monoisotopic (exact) mass is 210 g/mol. The number of hydrogen-bond acceptors (Lipinski definition) is 4. The number of nitrogens with zero attached hydrogens (tertiary/aromatic N) is 3. The summed E-state index contributed by atoms with van der Waals surface area (Å²) in [5.74, 6) is 0.101. The van der Waals surface area contributed by atoms with Gasteiger partial charge in [-0.05, 0) is 19.3 Å². The molecule has 1 atom stereocenters. The maximum Gasteiger partial charge on any atom is 0.222 e. The summed E-state index contributed by atoms with van der Waals surface area (Å²) in [4.78, 5) is 9.59. The molecule has 0 aliphatic carbocycles. The Kier molecular flexibility index (Phi) is 2.70. The Morgan fingerprint density at radius 3 is 3.20 bits per heavy atom. The first-order valence-corrected chi connectivity index (χ1v) is 5.27. The topological polar surface area (TPSA) is 55.0 Å². The fourth-order valence-corrected chi connectivity index (χ4v) is 2.11. The van der Waals surface area contributed by atoms with Crippen LogP contribution in [0.15, 0.2) is 6.20 Å². The fraction of sp³-hybridized carbons (Fsp3) is 0.600. The van der Waals surface area contributed by atoms with E-state index in [1.165, 1.54) is 0 Å². The first-order valence-electron chi connectivity index (χ1n) is 5.27. The third-order valence-electron chi connectivity index (χ3n) is 2.86. The zero-order valence-electron chi connectivity index (χ0n) is 8.78. The highest BCUT2D eigenvalue weighted by molar-refractivity contribution is 5.44. The zero-order valence-corrected chi connectivity index (χ0v) is 8.78. The van der Waals surface area contributed by atoms with E-state index >= 15 is 0 Å². The van der Waals surface area contributed by atoms with E-state index in [1.807, 2.05) is 4.90 Å². The van der Waals surface area contributed by atoms with E-state index < -0.39 is 0 Å². The van der Waals surface area contributed by atoms with Crippen LogP contribution in [0.2, 0.25) is 0 Å². The predicted molar refractivity (Wildman–Crippen MR) is 57.1 cm³/mol. The molecule has 1 aromatic heterocycles. The van der Waals surface area contributed by atoms with Crippen molar-refractivity contribution in [2.24, 2.45) is 0 Å². The lowest BCUT2D eigenvalue weighted by atomic mass is 10.2. The van der Waals surface area contributed by atoms with E-state index in [9.17, 15) is 4.39 Å². The Hall–Kier alpha value is -1.39. The minimum absolute atomic E-state index is 0.133. The molecule has 82 valence electrons. The van der Waals surface area contributed by atoms with Crippen LogP contribution in [0, 0.1) is 5.82 Å². The van der Waals surface area contributed by atoms with Gasteiger partial charge in [0.25, 0.3) is 0 Å². The highest BCUT2D eigenvalue weighted by Gasteiger charge is 2.26. The first kappa shape index (κ1) is 10.1. The molecule has 0 bridgehead atoms. The molecule has 0 aromatic carbocycles.